The Bertz CT molecular complexity index is 822. The molecule has 0 bridgehead atoms. The van der Waals surface area contributed by atoms with Crippen molar-refractivity contribution in [2.45, 2.75) is 39.3 Å². The largest absolute Gasteiger partial charge is 0.493 e. The van der Waals surface area contributed by atoms with E-state index in [-0.39, 0.29) is 11.6 Å². The minimum atomic E-state index is -0.755. The molecule has 0 aromatic heterocycles. The summed E-state index contributed by atoms with van der Waals surface area (Å²) in [5, 5.41) is 13.5. The minimum Gasteiger partial charge on any atom is -0.493 e. The summed E-state index contributed by atoms with van der Waals surface area (Å²) in [5.41, 5.74) is 0.825. The molecule has 0 fully saturated rings. The number of ether oxygens (including phenoxy) is 3. The molecule has 0 spiro atoms. The Labute approximate surface area is 169 Å². The molecule has 0 aliphatic carbocycles. The van der Waals surface area contributed by atoms with E-state index in [9.17, 15) is 14.9 Å². The van der Waals surface area contributed by atoms with Crippen molar-refractivity contribution in [3.05, 3.63) is 58.1 Å². The Balaban J connectivity index is 1.89. The minimum absolute atomic E-state index is 0.0366. The van der Waals surface area contributed by atoms with E-state index in [2.05, 4.69) is 12.2 Å². The molecule has 1 unspecified atom stereocenters. The molecule has 1 amide bonds. The number of amides is 1. The van der Waals surface area contributed by atoms with Gasteiger partial charge in [0.2, 0.25) is 0 Å². The molecule has 0 saturated heterocycles. The lowest BCUT2D eigenvalue weighted by molar-refractivity contribution is -0.384. The molecule has 2 aromatic rings. The average Bonchev–Trinajstić information content (AvgIpc) is 2.73. The first-order chi connectivity index (χ1) is 13.9. The van der Waals surface area contributed by atoms with E-state index in [1.54, 1.807) is 14.0 Å². The number of nitrogens with zero attached hydrogens (tertiary/aromatic N) is 1. The lowest BCUT2D eigenvalue weighted by Crippen LogP contribution is -2.35. The van der Waals surface area contributed by atoms with E-state index in [0.29, 0.717) is 30.4 Å². The standard InChI is InChI=1S/C21H26N2O6/c1-4-5-12-28-19-11-6-16(13-20(19)27-3)14-22-21(24)15(2)29-18-9-7-17(8-10-18)23(25)26/h6-11,13,15H,4-5,12,14H2,1-3H3,(H,22,24). The highest BCUT2D eigenvalue weighted by atomic mass is 16.6. The molecule has 2 aromatic carbocycles. The quantitative estimate of drug-likeness (QED) is 0.348. The lowest BCUT2D eigenvalue weighted by atomic mass is 10.2. The SMILES string of the molecule is CCCCOc1ccc(CNC(=O)C(C)Oc2ccc([N+](=O)[O-])cc2)cc1OC. The zero-order valence-corrected chi connectivity index (χ0v) is 16.8. The highest BCUT2D eigenvalue weighted by molar-refractivity contribution is 5.80. The second-order valence-corrected chi connectivity index (χ2v) is 6.42. The molecule has 2 rings (SSSR count). The van der Waals surface area contributed by atoms with Crippen molar-refractivity contribution < 1.29 is 23.9 Å². The summed E-state index contributed by atoms with van der Waals surface area (Å²) in [7, 11) is 1.57. The first-order valence-electron chi connectivity index (χ1n) is 9.43. The fraction of sp³-hybridized carbons (Fsp3) is 0.381. The number of unbranched alkanes of at least 4 members (excludes halogenated alkanes) is 1. The summed E-state index contributed by atoms with van der Waals surface area (Å²) in [6, 6.07) is 11.1. The monoisotopic (exact) mass is 402 g/mol. The van der Waals surface area contributed by atoms with Crippen LogP contribution in [0.2, 0.25) is 0 Å². The van der Waals surface area contributed by atoms with Gasteiger partial charge in [-0.3, -0.25) is 14.9 Å². The van der Waals surface area contributed by atoms with E-state index in [1.807, 2.05) is 18.2 Å². The van der Waals surface area contributed by atoms with Gasteiger partial charge in [0.05, 0.1) is 18.6 Å². The van der Waals surface area contributed by atoms with Crippen molar-refractivity contribution in [2.24, 2.45) is 0 Å². The van der Waals surface area contributed by atoms with Gasteiger partial charge >= 0.3 is 0 Å². The van der Waals surface area contributed by atoms with Crippen LogP contribution in [0.4, 0.5) is 5.69 Å². The number of nitrogens with one attached hydrogen (secondary N) is 1. The molecule has 8 heteroatoms. The number of carbonyl (C=O) groups excluding carboxylic acids is 1. The summed E-state index contributed by atoms with van der Waals surface area (Å²) in [5.74, 6) is 1.37. The van der Waals surface area contributed by atoms with Crippen molar-refractivity contribution in [1.82, 2.24) is 5.32 Å². The van der Waals surface area contributed by atoms with Crippen LogP contribution >= 0.6 is 0 Å². The molecule has 0 radical (unpaired) electrons. The molecule has 0 saturated carbocycles. The molecule has 0 aliphatic heterocycles. The highest BCUT2D eigenvalue weighted by Gasteiger charge is 2.15. The van der Waals surface area contributed by atoms with Crippen LogP contribution in [0.5, 0.6) is 17.2 Å². The predicted molar refractivity (Wildman–Crippen MR) is 108 cm³/mol. The van der Waals surface area contributed by atoms with Gasteiger partial charge in [0, 0.05) is 18.7 Å². The van der Waals surface area contributed by atoms with Crippen LogP contribution in [0.15, 0.2) is 42.5 Å². The van der Waals surface area contributed by atoms with Crippen molar-refractivity contribution in [1.29, 1.82) is 0 Å². The van der Waals surface area contributed by atoms with Gasteiger partial charge in [-0.15, -0.1) is 0 Å². The summed E-state index contributed by atoms with van der Waals surface area (Å²) < 4.78 is 16.6. The number of methoxy groups -OCH3 is 1. The Morgan fingerprint density at radius 3 is 2.52 bits per heavy atom. The third-order valence-electron chi connectivity index (χ3n) is 4.18. The first kappa shape index (κ1) is 22.0. The highest BCUT2D eigenvalue weighted by Crippen LogP contribution is 2.28. The number of hydrogen-bond acceptors (Lipinski definition) is 6. The third kappa shape index (κ3) is 6.67. The van der Waals surface area contributed by atoms with Crippen LogP contribution in [0.25, 0.3) is 0 Å². The second-order valence-electron chi connectivity index (χ2n) is 6.42. The number of rotatable bonds is 11. The van der Waals surface area contributed by atoms with Gasteiger partial charge in [0.15, 0.2) is 17.6 Å². The summed E-state index contributed by atoms with van der Waals surface area (Å²) in [4.78, 5) is 22.5. The topological polar surface area (TPSA) is 99.9 Å². The zero-order valence-electron chi connectivity index (χ0n) is 16.8. The summed E-state index contributed by atoms with van der Waals surface area (Å²) in [6.45, 7) is 4.64. The summed E-state index contributed by atoms with van der Waals surface area (Å²) >= 11 is 0. The normalized spacial score (nSPS) is 11.4. The number of carbonyl (C=O) groups is 1. The summed E-state index contributed by atoms with van der Waals surface area (Å²) in [6.07, 6.45) is 1.26. The predicted octanol–water partition coefficient (Wildman–Crippen LogP) is 3.87. The Morgan fingerprint density at radius 2 is 1.90 bits per heavy atom. The molecule has 1 N–H and O–H groups in total. The Morgan fingerprint density at radius 1 is 1.17 bits per heavy atom. The van der Waals surface area contributed by atoms with Crippen LogP contribution in [-0.4, -0.2) is 30.7 Å². The molecular formula is C21H26N2O6. The maximum Gasteiger partial charge on any atom is 0.269 e. The third-order valence-corrected chi connectivity index (χ3v) is 4.18. The number of benzene rings is 2. The lowest BCUT2D eigenvalue weighted by Gasteiger charge is -2.15. The van der Waals surface area contributed by atoms with Gasteiger partial charge in [-0.05, 0) is 43.2 Å². The van der Waals surface area contributed by atoms with E-state index >= 15 is 0 Å². The van der Waals surface area contributed by atoms with Crippen LogP contribution < -0.4 is 19.5 Å². The molecule has 156 valence electrons. The van der Waals surface area contributed by atoms with Crippen molar-refractivity contribution in [3.8, 4) is 17.2 Å². The van der Waals surface area contributed by atoms with Crippen LogP contribution in [-0.2, 0) is 11.3 Å². The Hall–Kier alpha value is -3.29. The van der Waals surface area contributed by atoms with Crippen molar-refractivity contribution in [3.63, 3.8) is 0 Å². The first-order valence-corrected chi connectivity index (χ1v) is 9.43. The fourth-order valence-electron chi connectivity index (χ4n) is 2.50. The van der Waals surface area contributed by atoms with Gasteiger partial charge in [-0.1, -0.05) is 19.4 Å². The van der Waals surface area contributed by atoms with E-state index in [1.165, 1.54) is 24.3 Å². The van der Waals surface area contributed by atoms with E-state index < -0.39 is 11.0 Å². The molecular weight excluding hydrogens is 376 g/mol. The zero-order chi connectivity index (χ0) is 21.2. The Kier molecular flexibility index (Phi) is 8.27. The van der Waals surface area contributed by atoms with Gasteiger partial charge in [-0.2, -0.15) is 0 Å². The molecule has 0 aliphatic rings. The number of nitro benzene ring substituents is 1. The van der Waals surface area contributed by atoms with Crippen LogP contribution in [0, 0.1) is 10.1 Å². The maximum atomic E-state index is 12.3. The fourth-order valence-corrected chi connectivity index (χ4v) is 2.50. The number of non-ortho nitro benzene ring substituents is 1. The van der Waals surface area contributed by atoms with Crippen LogP contribution in [0.1, 0.15) is 32.3 Å². The van der Waals surface area contributed by atoms with E-state index in [4.69, 9.17) is 14.2 Å². The van der Waals surface area contributed by atoms with Gasteiger partial charge in [0.1, 0.15) is 5.75 Å². The molecule has 1 atom stereocenters. The van der Waals surface area contributed by atoms with Gasteiger partial charge < -0.3 is 19.5 Å². The number of nitro groups is 1. The van der Waals surface area contributed by atoms with Crippen LogP contribution in [0.3, 0.4) is 0 Å². The average molecular weight is 402 g/mol. The molecule has 0 heterocycles. The smallest absolute Gasteiger partial charge is 0.269 e. The second kappa shape index (κ2) is 10.9. The maximum absolute atomic E-state index is 12.3. The van der Waals surface area contributed by atoms with Crippen molar-refractivity contribution in [2.75, 3.05) is 13.7 Å². The van der Waals surface area contributed by atoms with Crippen molar-refractivity contribution >= 4 is 11.6 Å². The van der Waals surface area contributed by atoms with Gasteiger partial charge in [0.25, 0.3) is 11.6 Å². The van der Waals surface area contributed by atoms with E-state index in [0.717, 1.165) is 18.4 Å². The molecule has 8 nitrogen and oxygen atoms in total. The number of hydrogen-bond donors (Lipinski definition) is 1. The van der Waals surface area contributed by atoms with Gasteiger partial charge in [-0.25, -0.2) is 0 Å². The molecule has 29 heavy (non-hydrogen) atoms.